The molecule has 0 unspecified atom stereocenters. The molecule has 78 valence electrons. The van der Waals surface area contributed by atoms with E-state index in [2.05, 4.69) is 15.4 Å². The van der Waals surface area contributed by atoms with Gasteiger partial charge < -0.3 is 16.2 Å². The third-order valence-corrected chi connectivity index (χ3v) is 1.99. The second kappa shape index (κ2) is 3.12. The highest BCUT2D eigenvalue weighted by molar-refractivity contribution is 5.95. The molecule has 2 aromatic rings. The zero-order chi connectivity index (χ0) is 11.0. The summed E-state index contributed by atoms with van der Waals surface area (Å²) in [6, 6.07) is 1.41. The van der Waals surface area contributed by atoms with Gasteiger partial charge in [-0.3, -0.25) is 0 Å². The van der Waals surface area contributed by atoms with Gasteiger partial charge in [0.2, 0.25) is 5.95 Å². The number of nitrogens with zero attached hydrogens (tertiary/aromatic N) is 3. The largest absolute Gasteiger partial charge is 0.478 e. The van der Waals surface area contributed by atoms with Crippen LogP contribution in [0.1, 0.15) is 10.4 Å². The molecule has 2 aromatic heterocycles. The Labute approximate surface area is 84.5 Å². The molecule has 0 aliphatic rings. The molecule has 15 heavy (non-hydrogen) atoms. The molecule has 0 aliphatic heterocycles. The van der Waals surface area contributed by atoms with Crippen LogP contribution in [-0.2, 0) is 0 Å². The van der Waals surface area contributed by atoms with Gasteiger partial charge in [-0.25, -0.2) is 9.31 Å². The Bertz CT molecular complexity index is 533. The van der Waals surface area contributed by atoms with E-state index in [4.69, 9.17) is 10.8 Å². The molecule has 0 atom stereocenters. The maximum absolute atomic E-state index is 10.9. The predicted molar refractivity (Wildman–Crippen MR) is 53.9 cm³/mol. The molecule has 0 aliphatic carbocycles. The summed E-state index contributed by atoms with van der Waals surface area (Å²) in [7, 11) is 1.63. The maximum atomic E-state index is 10.9. The SMILES string of the molecule is CNc1cn2nc(N)nc2cc1C(=O)O. The van der Waals surface area contributed by atoms with Crippen LogP contribution in [0, 0.1) is 0 Å². The molecule has 4 N–H and O–H groups in total. The molecule has 0 aromatic carbocycles. The average Bonchev–Trinajstić information content (AvgIpc) is 2.54. The topological polar surface area (TPSA) is 106 Å². The number of rotatable bonds is 2. The minimum Gasteiger partial charge on any atom is -0.478 e. The molecule has 0 fully saturated rings. The van der Waals surface area contributed by atoms with Crippen LogP contribution in [0.3, 0.4) is 0 Å². The van der Waals surface area contributed by atoms with E-state index in [1.54, 1.807) is 7.05 Å². The van der Waals surface area contributed by atoms with E-state index in [1.807, 2.05) is 0 Å². The molecular formula is C8H9N5O2. The first-order valence-corrected chi connectivity index (χ1v) is 4.19. The zero-order valence-electron chi connectivity index (χ0n) is 7.93. The van der Waals surface area contributed by atoms with Gasteiger partial charge in [-0.05, 0) is 6.07 Å². The summed E-state index contributed by atoms with van der Waals surface area (Å²) in [5.74, 6) is -0.914. The number of carboxylic acid groups (broad SMARTS) is 1. The Kier molecular flexibility index (Phi) is 1.93. The number of pyridine rings is 1. The van der Waals surface area contributed by atoms with Crippen LogP contribution in [0.2, 0.25) is 0 Å². The van der Waals surface area contributed by atoms with Gasteiger partial charge in [0.25, 0.3) is 0 Å². The lowest BCUT2D eigenvalue weighted by molar-refractivity contribution is 0.0698. The number of aromatic carboxylic acids is 1. The maximum Gasteiger partial charge on any atom is 0.337 e. The smallest absolute Gasteiger partial charge is 0.337 e. The van der Waals surface area contributed by atoms with Crippen LogP contribution < -0.4 is 11.1 Å². The van der Waals surface area contributed by atoms with Crippen molar-refractivity contribution in [2.45, 2.75) is 0 Å². The highest BCUT2D eigenvalue weighted by atomic mass is 16.4. The number of anilines is 2. The number of nitrogen functional groups attached to an aromatic ring is 1. The van der Waals surface area contributed by atoms with Gasteiger partial charge in [0.1, 0.15) is 0 Å². The summed E-state index contributed by atoms with van der Waals surface area (Å²) in [6.07, 6.45) is 1.53. The molecule has 2 rings (SSSR count). The Balaban J connectivity index is 2.73. The molecule has 7 heteroatoms. The summed E-state index contributed by atoms with van der Waals surface area (Å²) in [4.78, 5) is 14.8. The second-order valence-electron chi connectivity index (χ2n) is 2.93. The predicted octanol–water partition coefficient (Wildman–Crippen LogP) is 0.0514. The van der Waals surface area contributed by atoms with Crippen molar-refractivity contribution in [3.8, 4) is 0 Å². The Morgan fingerprint density at radius 2 is 2.40 bits per heavy atom. The van der Waals surface area contributed by atoms with Crippen LogP contribution in [0.4, 0.5) is 11.6 Å². The van der Waals surface area contributed by atoms with E-state index >= 15 is 0 Å². The number of fused-ring (bicyclic) bond motifs is 1. The molecule has 7 nitrogen and oxygen atoms in total. The number of aromatic nitrogens is 3. The Hall–Kier alpha value is -2.31. The molecule has 0 spiro atoms. The van der Waals surface area contributed by atoms with Gasteiger partial charge in [-0.15, -0.1) is 5.10 Å². The highest BCUT2D eigenvalue weighted by Gasteiger charge is 2.12. The highest BCUT2D eigenvalue weighted by Crippen LogP contribution is 2.17. The fourth-order valence-corrected chi connectivity index (χ4v) is 1.32. The van der Waals surface area contributed by atoms with E-state index in [9.17, 15) is 4.79 Å². The van der Waals surface area contributed by atoms with Crippen molar-refractivity contribution in [1.29, 1.82) is 0 Å². The summed E-state index contributed by atoms with van der Waals surface area (Å²) in [5.41, 5.74) is 6.40. The van der Waals surface area contributed by atoms with E-state index in [-0.39, 0.29) is 11.5 Å². The fraction of sp³-hybridized carbons (Fsp3) is 0.125. The monoisotopic (exact) mass is 207 g/mol. The van der Waals surface area contributed by atoms with Gasteiger partial charge in [0.15, 0.2) is 5.65 Å². The lowest BCUT2D eigenvalue weighted by Gasteiger charge is -2.04. The first-order chi connectivity index (χ1) is 7.11. The minimum absolute atomic E-state index is 0.111. The summed E-state index contributed by atoms with van der Waals surface area (Å²) >= 11 is 0. The van der Waals surface area contributed by atoms with Crippen LogP contribution in [-0.4, -0.2) is 32.7 Å². The average molecular weight is 207 g/mol. The first kappa shape index (κ1) is 9.25. The van der Waals surface area contributed by atoms with E-state index in [1.165, 1.54) is 16.8 Å². The van der Waals surface area contributed by atoms with E-state index in [0.29, 0.717) is 11.3 Å². The van der Waals surface area contributed by atoms with Crippen molar-refractivity contribution in [3.63, 3.8) is 0 Å². The molecule has 0 amide bonds. The Morgan fingerprint density at radius 3 is 3.00 bits per heavy atom. The molecule has 0 radical (unpaired) electrons. The third-order valence-electron chi connectivity index (χ3n) is 1.99. The van der Waals surface area contributed by atoms with Crippen molar-refractivity contribution < 1.29 is 9.90 Å². The van der Waals surface area contributed by atoms with Gasteiger partial charge in [0.05, 0.1) is 17.4 Å². The number of carbonyl (C=O) groups is 1. The van der Waals surface area contributed by atoms with Crippen molar-refractivity contribution in [3.05, 3.63) is 17.8 Å². The van der Waals surface area contributed by atoms with Crippen molar-refractivity contribution in [1.82, 2.24) is 14.6 Å². The van der Waals surface area contributed by atoms with Gasteiger partial charge in [-0.1, -0.05) is 0 Å². The minimum atomic E-state index is -1.02. The summed E-state index contributed by atoms with van der Waals surface area (Å²) < 4.78 is 1.42. The van der Waals surface area contributed by atoms with Crippen molar-refractivity contribution in [2.24, 2.45) is 0 Å². The molecular weight excluding hydrogens is 198 g/mol. The fourth-order valence-electron chi connectivity index (χ4n) is 1.32. The number of nitrogens with one attached hydrogen (secondary N) is 1. The Morgan fingerprint density at radius 1 is 1.67 bits per heavy atom. The first-order valence-electron chi connectivity index (χ1n) is 4.19. The zero-order valence-corrected chi connectivity index (χ0v) is 7.93. The number of nitrogens with two attached hydrogens (primary N) is 1. The van der Waals surface area contributed by atoms with E-state index in [0.717, 1.165) is 0 Å². The number of carboxylic acids is 1. The van der Waals surface area contributed by atoms with Crippen LogP contribution in [0.25, 0.3) is 5.65 Å². The van der Waals surface area contributed by atoms with E-state index < -0.39 is 5.97 Å². The van der Waals surface area contributed by atoms with Gasteiger partial charge in [-0.2, -0.15) is 4.98 Å². The molecule has 0 bridgehead atoms. The summed E-state index contributed by atoms with van der Waals surface area (Å²) in [5, 5.41) is 15.6. The van der Waals surface area contributed by atoms with Crippen molar-refractivity contribution in [2.75, 3.05) is 18.1 Å². The molecule has 0 saturated heterocycles. The lowest BCUT2D eigenvalue weighted by atomic mass is 10.2. The lowest BCUT2D eigenvalue weighted by Crippen LogP contribution is -2.05. The number of hydrogen-bond donors (Lipinski definition) is 3. The summed E-state index contributed by atoms with van der Waals surface area (Å²) in [6.45, 7) is 0. The molecule has 2 heterocycles. The van der Waals surface area contributed by atoms with Crippen LogP contribution >= 0.6 is 0 Å². The van der Waals surface area contributed by atoms with Crippen molar-refractivity contribution >= 4 is 23.3 Å². The van der Waals surface area contributed by atoms with Crippen LogP contribution in [0.5, 0.6) is 0 Å². The van der Waals surface area contributed by atoms with Crippen LogP contribution in [0.15, 0.2) is 12.3 Å². The quantitative estimate of drug-likeness (QED) is 0.642. The van der Waals surface area contributed by atoms with Gasteiger partial charge in [0, 0.05) is 7.05 Å². The normalized spacial score (nSPS) is 10.5. The standard InChI is InChI=1S/C8H9N5O2/c1-10-5-3-13-6(11-8(9)12-13)2-4(5)7(14)15/h2-3,10H,1H3,(H2,9,12)(H,14,15). The molecule has 0 saturated carbocycles. The number of hydrogen-bond acceptors (Lipinski definition) is 5. The second-order valence-corrected chi connectivity index (χ2v) is 2.93. The van der Waals surface area contributed by atoms with Gasteiger partial charge >= 0.3 is 5.97 Å². The third kappa shape index (κ3) is 1.43.